The molecule has 0 aromatic heterocycles. The van der Waals surface area contributed by atoms with Gasteiger partial charge in [0.25, 0.3) is 0 Å². The summed E-state index contributed by atoms with van der Waals surface area (Å²) in [6, 6.07) is 10.8. The Morgan fingerprint density at radius 1 is 1.10 bits per heavy atom. The van der Waals surface area contributed by atoms with Crippen LogP contribution in [0.2, 0.25) is 5.02 Å². The minimum absolute atomic E-state index is 0.0244. The second-order valence-corrected chi connectivity index (χ2v) is 5.31. The minimum atomic E-state index is -0.963. The maximum Gasteiger partial charge on any atom is 0.159 e. The third-order valence-corrected chi connectivity index (χ3v) is 3.53. The smallest absolute Gasteiger partial charge is 0.159 e. The Morgan fingerprint density at radius 2 is 1.86 bits per heavy atom. The third kappa shape index (κ3) is 4.24. The van der Waals surface area contributed by atoms with Gasteiger partial charge in [-0.15, -0.1) is 0 Å². The lowest BCUT2D eigenvalue weighted by Gasteiger charge is -2.18. The van der Waals surface area contributed by atoms with Crippen LogP contribution in [0, 0.1) is 11.6 Å². The van der Waals surface area contributed by atoms with E-state index in [-0.39, 0.29) is 12.6 Å². The van der Waals surface area contributed by atoms with Crippen molar-refractivity contribution in [2.24, 2.45) is 0 Å². The van der Waals surface area contributed by atoms with E-state index in [1.807, 2.05) is 25.1 Å². The van der Waals surface area contributed by atoms with Gasteiger partial charge in [0.15, 0.2) is 11.6 Å². The first-order valence-corrected chi connectivity index (χ1v) is 6.97. The number of halogens is 3. The number of hydrogen-bond acceptors (Lipinski definition) is 2. The summed E-state index contributed by atoms with van der Waals surface area (Å²) >= 11 is 5.93. The number of nitrogens with one attached hydrogen (secondary N) is 1. The van der Waals surface area contributed by atoms with Crippen molar-refractivity contribution in [3.63, 3.8) is 0 Å². The monoisotopic (exact) mass is 311 g/mol. The number of benzene rings is 2. The third-order valence-electron chi connectivity index (χ3n) is 3.29. The van der Waals surface area contributed by atoms with Crippen LogP contribution in [0.15, 0.2) is 42.5 Å². The first-order valence-electron chi connectivity index (χ1n) is 6.59. The highest BCUT2D eigenvalue weighted by Gasteiger charge is 2.13. The summed E-state index contributed by atoms with van der Waals surface area (Å²) in [6.07, 6.45) is -0.915. The molecule has 0 spiro atoms. The molecule has 0 fully saturated rings. The molecule has 21 heavy (non-hydrogen) atoms. The van der Waals surface area contributed by atoms with Gasteiger partial charge in [-0.3, -0.25) is 0 Å². The Bertz CT molecular complexity index is 621. The van der Waals surface area contributed by atoms with E-state index in [0.717, 1.165) is 17.7 Å². The molecular formula is C16H16ClF2NO. The summed E-state index contributed by atoms with van der Waals surface area (Å²) in [5, 5.41) is 13.8. The van der Waals surface area contributed by atoms with E-state index < -0.39 is 17.7 Å². The number of aliphatic hydroxyl groups excluding tert-OH is 1. The predicted molar refractivity (Wildman–Crippen MR) is 79.2 cm³/mol. The quantitative estimate of drug-likeness (QED) is 0.874. The Balaban J connectivity index is 1.97. The average molecular weight is 312 g/mol. The molecule has 1 unspecified atom stereocenters. The first kappa shape index (κ1) is 15.9. The molecule has 0 radical (unpaired) electrons. The molecular weight excluding hydrogens is 296 g/mol. The summed E-state index contributed by atoms with van der Waals surface area (Å²) in [4.78, 5) is 0. The summed E-state index contributed by atoms with van der Waals surface area (Å²) in [5.41, 5.74) is 1.32. The molecule has 0 aliphatic carbocycles. The van der Waals surface area contributed by atoms with Crippen LogP contribution in [0.3, 0.4) is 0 Å². The van der Waals surface area contributed by atoms with Gasteiger partial charge in [0, 0.05) is 17.6 Å². The van der Waals surface area contributed by atoms with Crippen LogP contribution in [0.5, 0.6) is 0 Å². The Morgan fingerprint density at radius 3 is 2.52 bits per heavy atom. The van der Waals surface area contributed by atoms with E-state index >= 15 is 0 Å². The van der Waals surface area contributed by atoms with E-state index in [2.05, 4.69) is 5.32 Å². The maximum absolute atomic E-state index is 13.1. The number of rotatable bonds is 5. The Hall–Kier alpha value is -1.49. The SMILES string of the molecule is C[C@H](NCC(O)c1ccc(F)c(F)c1)c1cccc(Cl)c1. The van der Waals surface area contributed by atoms with Crippen LogP contribution in [0.1, 0.15) is 30.2 Å². The van der Waals surface area contributed by atoms with Gasteiger partial charge in [-0.25, -0.2) is 8.78 Å². The fraction of sp³-hybridized carbons (Fsp3) is 0.250. The largest absolute Gasteiger partial charge is 0.387 e. The average Bonchev–Trinajstić information content (AvgIpc) is 2.47. The van der Waals surface area contributed by atoms with E-state index in [1.54, 1.807) is 6.07 Å². The topological polar surface area (TPSA) is 32.3 Å². The summed E-state index contributed by atoms with van der Waals surface area (Å²) in [5.74, 6) is -1.89. The van der Waals surface area contributed by atoms with Gasteiger partial charge < -0.3 is 10.4 Å². The highest BCUT2D eigenvalue weighted by Crippen LogP contribution is 2.19. The van der Waals surface area contributed by atoms with Crippen LogP contribution in [-0.2, 0) is 0 Å². The zero-order valence-corrected chi connectivity index (χ0v) is 12.2. The van der Waals surface area contributed by atoms with Crippen molar-refractivity contribution in [2.75, 3.05) is 6.54 Å². The molecule has 112 valence electrons. The van der Waals surface area contributed by atoms with Crippen LogP contribution in [-0.4, -0.2) is 11.7 Å². The van der Waals surface area contributed by atoms with Crippen molar-refractivity contribution < 1.29 is 13.9 Å². The molecule has 0 heterocycles. The lowest BCUT2D eigenvalue weighted by atomic mass is 10.1. The molecule has 0 saturated carbocycles. The van der Waals surface area contributed by atoms with Crippen LogP contribution >= 0.6 is 11.6 Å². The van der Waals surface area contributed by atoms with Crippen molar-refractivity contribution in [2.45, 2.75) is 19.1 Å². The lowest BCUT2D eigenvalue weighted by molar-refractivity contribution is 0.170. The predicted octanol–water partition coefficient (Wildman–Crippen LogP) is 4.00. The molecule has 0 bridgehead atoms. The molecule has 2 nitrogen and oxygen atoms in total. The summed E-state index contributed by atoms with van der Waals surface area (Å²) in [6.45, 7) is 2.16. The molecule has 0 aliphatic heterocycles. The molecule has 0 amide bonds. The standard InChI is InChI=1S/C16H16ClF2NO/c1-10(11-3-2-4-13(17)7-11)20-9-16(21)12-5-6-14(18)15(19)8-12/h2-8,10,16,20-21H,9H2,1H3/t10-,16?/m0/s1. The Kier molecular flexibility index (Phi) is 5.28. The van der Waals surface area contributed by atoms with Crippen LogP contribution < -0.4 is 5.32 Å². The molecule has 0 saturated heterocycles. The van der Waals surface area contributed by atoms with E-state index in [4.69, 9.17) is 11.6 Å². The molecule has 2 rings (SSSR count). The zero-order valence-electron chi connectivity index (χ0n) is 11.5. The summed E-state index contributed by atoms with van der Waals surface area (Å²) in [7, 11) is 0. The minimum Gasteiger partial charge on any atom is -0.387 e. The highest BCUT2D eigenvalue weighted by molar-refractivity contribution is 6.30. The van der Waals surface area contributed by atoms with Gasteiger partial charge in [-0.05, 0) is 42.3 Å². The van der Waals surface area contributed by atoms with Crippen molar-refractivity contribution in [3.05, 3.63) is 70.2 Å². The second-order valence-electron chi connectivity index (χ2n) is 4.87. The number of hydrogen-bond donors (Lipinski definition) is 2. The van der Waals surface area contributed by atoms with E-state index in [9.17, 15) is 13.9 Å². The van der Waals surface area contributed by atoms with Gasteiger partial charge in [0.1, 0.15) is 0 Å². The van der Waals surface area contributed by atoms with Crippen molar-refractivity contribution >= 4 is 11.6 Å². The van der Waals surface area contributed by atoms with Crippen molar-refractivity contribution in [3.8, 4) is 0 Å². The zero-order chi connectivity index (χ0) is 15.4. The van der Waals surface area contributed by atoms with Gasteiger partial charge in [-0.1, -0.05) is 29.8 Å². The first-order chi connectivity index (χ1) is 9.97. The highest BCUT2D eigenvalue weighted by atomic mass is 35.5. The summed E-state index contributed by atoms with van der Waals surface area (Å²) < 4.78 is 26.0. The molecule has 2 N–H and O–H groups in total. The lowest BCUT2D eigenvalue weighted by Crippen LogP contribution is -2.24. The molecule has 2 aromatic rings. The molecule has 2 atom stereocenters. The van der Waals surface area contributed by atoms with Crippen LogP contribution in [0.4, 0.5) is 8.78 Å². The number of aliphatic hydroxyl groups is 1. The molecule has 2 aromatic carbocycles. The normalized spacial score (nSPS) is 14.0. The van der Waals surface area contributed by atoms with Crippen molar-refractivity contribution in [1.29, 1.82) is 0 Å². The van der Waals surface area contributed by atoms with Gasteiger partial charge in [0.05, 0.1) is 6.10 Å². The van der Waals surface area contributed by atoms with E-state index in [1.165, 1.54) is 6.07 Å². The van der Waals surface area contributed by atoms with Gasteiger partial charge in [-0.2, -0.15) is 0 Å². The second kappa shape index (κ2) is 6.98. The van der Waals surface area contributed by atoms with E-state index in [0.29, 0.717) is 10.6 Å². The molecule has 0 aliphatic rings. The Labute approximate surface area is 127 Å². The van der Waals surface area contributed by atoms with Crippen molar-refractivity contribution in [1.82, 2.24) is 5.32 Å². The van der Waals surface area contributed by atoms with Gasteiger partial charge >= 0.3 is 0 Å². The fourth-order valence-corrected chi connectivity index (χ4v) is 2.22. The van der Waals surface area contributed by atoms with Crippen LogP contribution in [0.25, 0.3) is 0 Å². The fourth-order valence-electron chi connectivity index (χ4n) is 2.02. The maximum atomic E-state index is 13.1. The molecule has 5 heteroatoms. The van der Waals surface area contributed by atoms with Gasteiger partial charge in [0.2, 0.25) is 0 Å².